The number of nitrogens with zero attached hydrogens (tertiary/aromatic N) is 2. The van der Waals surface area contributed by atoms with Crippen LogP contribution in [0.3, 0.4) is 0 Å². The highest BCUT2D eigenvalue weighted by molar-refractivity contribution is 5.71. The maximum absolute atomic E-state index is 14.2. The topological polar surface area (TPSA) is 47.9 Å². The molecule has 0 saturated heterocycles. The van der Waals surface area contributed by atoms with Gasteiger partial charge in [-0.25, -0.2) is 9.38 Å². The van der Waals surface area contributed by atoms with E-state index < -0.39 is 5.82 Å². The molecule has 2 aromatic carbocycles. The smallest absolute Gasteiger partial charge is 0.167 e. The van der Waals surface area contributed by atoms with Crippen LogP contribution in [0.4, 0.5) is 10.1 Å². The van der Waals surface area contributed by atoms with E-state index in [0.29, 0.717) is 23.6 Å². The van der Waals surface area contributed by atoms with Crippen LogP contribution >= 0.6 is 0 Å². The van der Waals surface area contributed by atoms with E-state index in [1.165, 1.54) is 6.07 Å². The van der Waals surface area contributed by atoms with Crippen molar-refractivity contribution in [1.82, 2.24) is 4.90 Å². The van der Waals surface area contributed by atoms with Gasteiger partial charge in [-0.1, -0.05) is 44.7 Å². The number of nitrogens with one attached hydrogen (secondary N) is 1. The summed E-state index contributed by atoms with van der Waals surface area (Å²) in [6, 6.07) is 10.6. The first-order valence-electron chi connectivity index (χ1n) is 8.77. The summed E-state index contributed by atoms with van der Waals surface area (Å²) in [5, 5.41) is 14.9. The molecule has 0 heterocycles. The van der Waals surface area contributed by atoms with Gasteiger partial charge in [0.1, 0.15) is 5.82 Å². The quantitative estimate of drug-likeness (QED) is 0.593. The van der Waals surface area contributed by atoms with Crippen molar-refractivity contribution < 1.29 is 9.50 Å². The number of hydrogen-bond donors (Lipinski definition) is 2. The third kappa shape index (κ3) is 4.70. The molecular weight excluding hydrogens is 329 g/mol. The molecule has 0 amide bonds. The highest BCUT2D eigenvalue weighted by Crippen LogP contribution is 2.27. The standard InChI is InChI=1S/C21H26FN3O/c1-5-23-21(18-11-9-8-10-15(18)4)24-17-12-16(14-25(6-2)7-3)20(26)19(22)13-17/h5,8-13,24,26H,4,6-7,14H2,1-3H3/b21-18+,23-5-. The van der Waals surface area contributed by atoms with E-state index in [0.717, 1.165) is 23.5 Å². The number of anilines is 1. The van der Waals surface area contributed by atoms with Crippen molar-refractivity contribution in [1.29, 1.82) is 0 Å². The average Bonchev–Trinajstić information content (AvgIpc) is 2.63. The van der Waals surface area contributed by atoms with Gasteiger partial charge in [0.15, 0.2) is 11.6 Å². The van der Waals surface area contributed by atoms with E-state index in [4.69, 9.17) is 0 Å². The van der Waals surface area contributed by atoms with Gasteiger partial charge in [0.2, 0.25) is 0 Å². The van der Waals surface area contributed by atoms with E-state index >= 15 is 0 Å². The highest BCUT2D eigenvalue weighted by atomic mass is 19.1. The van der Waals surface area contributed by atoms with Gasteiger partial charge < -0.3 is 10.4 Å². The van der Waals surface area contributed by atoms with Gasteiger partial charge in [-0.05, 0) is 31.3 Å². The molecule has 5 heteroatoms. The van der Waals surface area contributed by atoms with Gasteiger partial charge in [0.05, 0.1) is 0 Å². The van der Waals surface area contributed by atoms with Gasteiger partial charge in [-0.3, -0.25) is 4.90 Å². The Bertz CT molecular complexity index is 889. The van der Waals surface area contributed by atoms with Crippen molar-refractivity contribution >= 4 is 24.3 Å². The zero-order chi connectivity index (χ0) is 19.1. The predicted octanol–water partition coefficient (Wildman–Crippen LogP) is 3.05. The second kappa shape index (κ2) is 9.15. The number of benzene rings is 2. The lowest BCUT2D eigenvalue weighted by atomic mass is 10.1. The summed E-state index contributed by atoms with van der Waals surface area (Å²) in [6.45, 7) is 12.0. The van der Waals surface area contributed by atoms with E-state index in [9.17, 15) is 9.50 Å². The predicted molar refractivity (Wildman–Crippen MR) is 107 cm³/mol. The zero-order valence-electron chi connectivity index (χ0n) is 15.6. The molecule has 0 bridgehead atoms. The molecule has 0 aliphatic rings. The Kier molecular flexibility index (Phi) is 6.92. The van der Waals surface area contributed by atoms with Crippen LogP contribution in [0.1, 0.15) is 26.3 Å². The summed E-state index contributed by atoms with van der Waals surface area (Å²) >= 11 is 0. The van der Waals surface area contributed by atoms with Crippen LogP contribution in [0, 0.1) is 5.82 Å². The maximum Gasteiger partial charge on any atom is 0.167 e. The number of hydrogen-bond acceptors (Lipinski definition) is 4. The lowest BCUT2D eigenvalue weighted by Gasteiger charge is -2.19. The first-order valence-corrected chi connectivity index (χ1v) is 8.77. The Balaban J connectivity index is 2.48. The Morgan fingerprint density at radius 1 is 1.27 bits per heavy atom. The van der Waals surface area contributed by atoms with Gasteiger partial charge in [0, 0.05) is 35.3 Å². The van der Waals surface area contributed by atoms with Crippen molar-refractivity contribution in [2.24, 2.45) is 4.99 Å². The fraction of sp³-hybridized carbons (Fsp3) is 0.286. The zero-order valence-corrected chi connectivity index (χ0v) is 15.6. The number of aliphatic imine (C=N–C) groups is 1. The number of halogens is 1. The molecule has 0 atom stereocenters. The van der Waals surface area contributed by atoms with Crippen molar-refractivity contribution in [3.8, 4) is 5.75 Å². The number of phenols is 1. The van der Waals surface area contributed by atoms with E-state index in [1.807, 2.05) is 45.0 Å². The Labute approximate surface area is 154 Å². The number of aromatic hydroxyl groups is 1. The third-order valence-corrected chi connectivity index (χ3v) is 4.22. The van der Waals surface area contributed by atoms with Crippen molar-refractivity contribution in [3.63, 3.8) is 0 Å². The van der Waals surface area contributed by atoms with Crippen molar-refractivity contribution in [2.75, 3.05) is 18.4 Å². The number of rotatable bonds is 7. The van der Waals surface area contributed by atoms with E-state index in [1.54, 1.807) is 12.3 Å². The average molecular weight is 355 g/mol. The van der Waals surface area contributed by atoms with Crippen LogP contribution in [-0.4, -0.2) is 29.3 Å². The molecule has 26 heavy (non-hydrogen) atoms. The molecule has 0 aromatic heterocycles. The largest absolute Gasteiger partial charge is 0.505 e. The molecule has 0 fully saturated rings. The molecule has 0 radical (unpaired) electrons. The summed E-state index contributed by atoms with van der Waals surface area (Å²) in [7, 11) is 0. The third-order valence-electron chi connectivity index (χ3n) is 4.22. The summed E-state index contributed by atoms with van der Waals surface area (Å²) < 4.78 is 14.2. The molecule has 0 aliphatic heterocycles. The van der Waals surface area contributed by atoms with Crippen molar-refractivity contribution in [3.05, 3.63) is 58.2 Å². The molecule has 0 aliphatic carbocycles. The molecular formula is C21H26FN3O. The fourth-order valence-electron chi connectivity index (χ4n) is 2.72. The summed E-state index contributed by atoms with van der Waals surface area (Å²) in [6.07, 6.45) is 1.67. The minimum Gasteiger partial charge on any atom is -0.505 e. The molecule has 0 unspecified atom stereocenters. The lowest BCUT2D eigenvalue weighted by molar-refractivity contribution is 0.289. The highest BCUT2D eigenvalue weighted by Gasteiger charge is 2.13. The molecule has 2 N–H and O–H groups in total. The molecule has 4 nitrogen and oxygen atoms in total. The van der Waals surface area contributed by atoms with Crippen LogP contribution in [0.2, 0.25) is 0 Å². The van der Waals surface area contributed by atoms with E-state index in [2.05, 4.69) is 21.8 Å². The van der Waals surface area contributed by atoms with E-state index in [-0.39, 0.29) is 5.75 Å². The maximum atomic E-state index is 14.2. The van der Waals surface area contributed by atoms with Crippen LogP contribution in [0.5, 0.6) is 5.75 Å². The van der Waals surface area contributed by atoms with Gasteiger partial charge in [0.25, 0.3) is 0 Å². The minimum absolute atomic E-state index is 0.305. The Morgan fingerprint density at radius 3 is 2.58 bits per heavy atom. The second-order valence-electron chi connectivity index (χ2n) is 5.95. The monoisotopic (exact) mass is 355 g/mol. The van der Waals surface area contributed by atoms with Crippen LogP contribution in [0.25, 0.3) is 12.4 Å². The van der Waals surface area contributed by atoms with Gasteiger partial charge >= 0.3 is 0 Å². The van der Waals surface area contributed by atoms with Crippen LogP contribution in [0.15, 0.2) is 41.4 Å². The lowest BCUT2D eigenvalue weighted by Crippen LogP contribution is -2.27. The molecule has 138 valence electrons. The van der Waals surface area contributed by atoms with Crippen LogP contribution in [-0.2, 0) is 6.54 Å². The van der Waals surface area contributed by atoms with Gasteiger partial charge in [-0.15, -0.1) is 0 Å². The Morgan fingerprint density at radius 2 is 1.96 bits per heavy atom. The summed E-state index contributed by atoms with van der Waals surface area (Å²) in [5.74, 6) is -0.377. The normalized spacial score (nSPS) is 12.7. The molecule has 0 saturated carbocycles. The van der Waals surface area contributed by atoms with Gasteiger partial charge in [-0.2, -0.15) is 0 Å². The van der Waals surface area contributed by atoms with Crippen LogP contribution < -0.4 is 15.8 Å². The molecule has 2 rings (SSSR count). The first-order chi connectivity index (χ1) is 12.5. The number of phenolic OH excluding ortho intramolecular Hbond substituents is 1. The second-order valence-corrected chi connectivity index (χ2v) is 5.95. The fourth-order valence-corrected chi connectivity index (χ4v) is 2.72. The molecule has 0 spiro atoms. The minimum atomic E-state index is -0.653. The SMILES string of the molecule is C=c1cccc/c1=C(/N=C\C)Nc1cc(F)c(O)c(CN(CC)CC)c1. The molecule has 2 aromatic rings. The summed E-state index contributed by atoms with van der Waals surface area (Å²) in [4.78, 5) is 6.48. The van der Waals surface area contributed by atoms with Crippen molar-refractivity contribution in [2.45, 2.75) is 27.3 Å². The Hall–Kier alpha value is -2.66. The first kappa shape index (κ1) is 19.7. The summed E-state index contributed by atoms with van der Waals surface area (Å²) in [5.41, 5.74) is 1.07.